The first-order valence-electron chi connectivity index (χ1n) is 4.54. The lowest BCUT2D eigenvalue weighted by atomic mass is 10.4. The van der Waals surface area contributed by atoms with E-state index in [1.807, 2.05) is 6.92 Å². The summed E-state index contributed by atoms with van der Waals surface area (Å²) in [4.78, 5) is 4.06. The van der Waals surface area contributed by atoms with Gasteiger partial charge < -0.3 is 19.9 Å². The lowest BCUT2D eigenvalue weighted by molar-refractivity contribution is 0.462. The topological polar surface area (TPSA) is 103 Å². The number of anilines is 2. The summed E-state index contributed by atoms with van der Waals surface area (Å²) >= 11 is 0. The van der Waals surface area contributed by atoms with Crippen molar-refractivity contribution in [3.63, 3.8) is 0 Å². The van der Waals surface area contributed by atoms with Crippen molar-refractivity contribution < 1.29 is 8.83 Å². The number of nitrogens with two attached hydrogens (primary N) is 1. The normalized spacial score (nSPS) is 10.5. The summed E-state index contributed by atoms with van der Waals surface area (Å²) in [6, 6.07) is 0.280. The quantitative estimate of drug-likeness (QED) is 0.767. The van der Waals surface area contributed by atoms with Gasteiger partial charge in [-0.2, -0.15) is 0 Å². The van der Waals surface area contributed by atoms with Crippen LogP contribution >= 0.6 is 0 Å². The highest BCUT2D eigenvalue weighted by molar-refractivity contribution is 5.22. The van der Waals surface area contributed by atoms with E-state index in [-0.39, 0.29) is 12.0 Å². The average Bonchev–Trinajstić information content (AvgIpc) is 2.83. The Morgan fingerprint density at radius 2 is 2.27 bits per heavy atom. The molecule has 0 aliphatic rings. The van der Waals surface area contributed by atoms with E-state index in [0.29, 0.717) is 12.4 Å². The zero-order chi connectivity index (χ0) is 10.7. The molecule has 0 aliphatic carbocycles. The molecule has 0 spiro atoms. The first-order valence-corrected chi connectivity index (χ1v) is 4.54. The molecule has 0 bridgehead atoms. The van der Waals surface area contributed by atoms with E-state index in [1.165, 1.54) is 0 Å². The van der Waals surface area contributed by atoms with Crippen LogP contribution in [-0.2, 0) is 13.0 Å². The minimum Gasteiger partial charge on any atom is -0.444 e. The lowest BCUT2D eigenvalue weighted by Crippen LogP contribution is -1.99. The molecule has 7 nitrogen and oxygen atoms in total. The van der Waals surface area contributed by atoms with Crippen LogP contribution in [0.4, 0.5) is 12.0 Å². The summed E-state index contributed by atoms with van der Waals surface area (Å²) in [6.45, 7) is 2.39. The van der Waals surface area contributed by atoms with Crippen LogP contribution in [0.3, 0.4) is 0 Å². The summed E-state index contributed by atoms with van der Waals surface area (Å²) in [5, 5.41) is 9.98. The average molecular weight is 209 g/mol. The Morgan fingerprint density at radius 1 is 1.40 bits per heavy atom. The zero-order valence-corrected chi connectivity index (χ0v) is 8.23. The number of aromatic nitrogens is 3. The molecule has 2 aromatic rings. The summed E-state index contributed by atoms with van der Waals surface area (Å²) in [5.74, 6) is 1.42. The van der Waals surface area contributed by atoms with Gasteiger partial charge in [0.25, 0.3) is 0 Å². The van der Waals surface area contributed by atoms with E-state index in [9.17, 15) is 0 Å². The number of nitrogen functional groups attached to an aromatic ring is 1. The van der Waals surface area contributed by atoms with Crippen LogP contribution in [0, 0.1) is 0 Å². The number of oxazole rings is 1. The van der Waals surface area contributed by atoms with Gasteiger partial charge in [0.15, 0.2) is 0 Å². The summed E-state index contributed by atoms with van der Waals surface area (Å²) < 4.78 is 10.3. The highest BCUT2D eigenvalue weighted by Crippen LogP contribution is 2.09. The second-order valence-corrected chi connectivity index (χ2v) is 2.87. The largest absolute Gasteiger partial charge is 0.444 e. The maximum atomic E-state index is 5.37. The first-order chi connectivity index (χ1) is 7.28. The minimum atomic E-state index is 0.0270. The van der Waals surface area contributed by atoms with E-state index < -0.39 is 0 Å². The van der Waals surface area contributed by atoms with Crippen LogP contribution < -0.4 is 11.1 Å². The van der Waals surface area contributed by atoms with E-state index in [1.54, 1.807) is 6.20 Å². The Hall–Kier alpha value is -2.05. The van der Waals surface area contributed by atoms with E-state index >= 15 is 0 Å². The Labute approximate surface area is 85.7 Å². The van der Waals surface area contributed by atoms with E-state index in [4.69, 9.17) is 14.6 Å². The van der Waals surface area contributed by atoms with Crippen molar-refractivity contribution in [3.05, 3.63) is 17.8 Å². The van der Waals surface area contributed by atoms with Crippen molar-refractivity contribution in [2.45, 2.75) is 19.9 Å². The van der Waals surface area contributed by atoms with Gasteiger partial charge in [-0.1, -0.05) is 17.1 Å². The lowest BCUT2D eigenvalue weighted by Gasteiger charge is -1.95. The Balaban J connectivity index is 1.93. The molecule has 0 unspecified atom stereocenters. The molecule has 0 atom stereocenters. The number of aryl methyl sites for hydroxylation is 1. The third-order valence-corrected chi connectivity index (χ3v) is 1.78. The van der Waals surface area contributed by atoms with Crippen LogP contribution in [0.1, 0.15) is 18.6 Å². The molecule has 2 rings (SSSR count). The van der Waals surface area contributed by atoms with Crippen LogP contribution in [0.25, 0.3) is 0 Å². The van der Waals surface area contributed by atoms with Crippen molar-refractivity contribution in [1.82, 2.24) is 15.2 Å². The molecule has 0 amide bonds. The molecule has 0 saturated heterocycles. The smallest absolute Gasteiger partial charge is 0.317 e. The van der Waals surface area contributed by atoms with Gasteiger partial charge in [0, 0.05) is 6.42 Å². The molecule has 2 aromatic heterocycles. The summed E-state index contributed by atoms with van der Waals surface area (Å²) in [7, 11) is 0. The molecule has 0 aromatic carbocycles. The van der Waals surface area contributed by atoms with Gasteiger partial charge in [0.1, 0.15) is 5.76 Å². The molecular weight excluding hydrogens is 198 g/mol. The molecule has 0 aliphatic heterocycles. The molecule has 0 radical (unpaired) electrons. The number of nitrogens with one attached hydrogen (secondary N) is 1. The summed E-state index contributed by atoms with van der Waals surface area (Å²) in [6.07, 6.45) is 2.51. The maximum Gasteiger partial charge on any atom is 0.317 e. The van der Waals surface area contributed by atoms with Gasteiger partial charge in [0.05, 0.1) is 12.7 Å². The Bertz CT molecular complexity index is 436. The third kappa shape index (κ3) is 2.25. The van der Waals surface area contributed by atoms with Crippen LogP contribution in [0.15, 0.2) is 15.0 Å². The first kappa shape index (κ1) is 9.50. The molecule has 15 heavy (non-hydrogen) atoms. The Morgan fingerprint density at radius 3 is 2.87 bits per heavy atom. The molecule has 2 heterocycles. The van der Waals surface area contributed by atoms with Gasteiger partial charge in [-0.05, 0) is 0 Å². The zero-order valence-electron chi connectivity index (χ0n) is 8.23. The fraction of sp³-hybridized carbons (Fsp3) is 0.375. The van der Waals surface area contributed by atoms with Gasteiger partial charge in [-0.25, -0.2) is 4.98 Å². The van der Waals surface area contributed by atoms with Crippen LogP contribution in [-0.4, -0.2) is 15.2 Å². The molecule has 3 N–H and O–H groups in total. The molecule has 0 saturated carbocycles. The predicted octanol–water partition coefficient (Wildman–Crippen LogP) is 0.814. The second-order valence-electron chi connectivity index (χ2n) is 2.87. The molecule has 80 valence electrons. The number of hydrogen-bond donors (Lipinski definition) is 2. The number of nitrogens with zero attached hydrogens (tertiary/aromatic N) is 3. The van der Waals surface area contributed by atoms with Crippen molar-refractivity contribution in [1.29, 1.82) is 0 Å². The number of hydrogen-bond acceptors (Lipinski definition) is 7. The standard InChI is InChI=1S/C8H11N5O2/c1-2-5-3-10-6(14-5)4-11-8-13-12-7(9)15-8/h3H,2,4H2,1H3,(H2,9,12)(H,11,13). The highest BCUT2D eigenvalue weighted by atomic mass is 16.4. The number of rotatable bonds is 4. The van der Waals surface area contributed by atoms with Gasteiger partial charge in [-0.15, -0.1) is 0 Å². The van der Waals surface area contributed by atoms with E-state index in [0.717, 1.165) is 12.2 Å². The fourth-order valence-electron chi connectivity index (χ4n) is 1.05. The highest BCUT2D eigenvalue weighted by Gasteiger charge is 2.05. The molecule has 7 heteroatoms. The van der Waals surface area contributed by atoms with Crippen molar-refractivity contribution in [3.8, 4) is 0 Å². The molecular formula is C8H11N5O2. The van der Waals surface area contributed by atoms with Crippen LogP contribution in [0.2, 0.25) is 0 Å². The van der Waals surface area contributed by atoms with Gasteiger partial charge in [-0.3, -0.25) is 0 Å². The fourth-order valence-corrected chi connectivity index (χ4v) is 1.05. The van der Waals surface area contributed by atoms with Gasteiger partial charge in [0.2, 0.25) is 5.89 Å². The van der Waals surface area contributed by atoms with Crippen molar-refractivity contribution in [2.75, 3.05) is 11.1 Å². The monoisotopic (exact) mass is 209 g/mol. The molecule has 0 fully saturated rings. The summed E-state index contributed by atoms with van der Waals surface area (Å²) in [5.41, 5.74) is 5.25. The van der Waals surface area contributed by atoms with Crippen molar-refractivity contribution >= 4 is 12.0 Å². The minimum absolute atomic E-state index is 0.0270. The van der Waals surface area contributed by atoms with E-state index in [2.05, 4.69) is 20.5 Å². The van der Waals surface area contributed by atoms with Gasteiger partial charge >= 0.3 is 12.0 Å². The predicted molar refractivity (Wildman–Crippen MR) is 51.9 cm³/mol. The second kappa shape index (κ2) is 3.99. The van der Waals surface area contributed by atoms with Crippen LogP contribution in [0.5, 0.6) is 0 Å². The maximum absolute atomic E-state index is 5.37. The van der Waals surface area contributed by atoms with Crippen molar-refractivity contribution in [2.24, 2.45) is 0 Å². The Kier molecular flexibility index (Phi) is 2.53. The third-order valence-electron chi connectivity index (χ3n) is 1.78. The SMILES string of the molecule is CCc1cnc(CNc2nnc(N)o2)o1.